The summed E-state index contributed by atoms with van der Waals surface area (Å²) in [4.78, 5) is 16.4. The zero-order valence-electron chi connectivity index (χ0n) is 9.06. The van der Waals surface area contributed by atoms with Crippen LogP contribution < -0.4 is 5.73 Å². The van der Waals surface area contributed by atoms with E-state index in [1.165, 1.54) is 18.4 Å². The lowest BCUT2D eigenvalue weighted by molar-refractivity contribution is 0.0585. The number of esters is 1. The number of carbonyl (C=O) groups excluding carboxylic acids is 1. The van der Waals surface area contributed by atoms with Crippen LogP contribution in [0.5, 0.6) is 0 Å². The molecule has 1 saturated heterocycles. The first-order chi connectivity index (χ1) is 7.72. The van der Waals surface area contributed by atoms with Crippen molar-refractivity contribution in [2.24, 2.45) is 0 Å². The third-order valence-corrected chi connectivity index (χ3v) is 3.63. The second kappa shape index (κ2) is 4.80. The lowest BCUT2D eigenvalue weighted by atomic mass is 9.99. The maximum absolute atomic E-state index is 11.5. The summed E-state index contributed by atoms with van der Waals surface area (Å²) < 4.78 is 10.1. The van der Waals surface area contributed by atoms with Crippen LogP contribution in [0.4, 0.5) is 5.13 Å². The zero-order chi connectivity index (χ0) is 11.5. The predicted molar refractivity (Wildman–Crippen MR) is 60.7 cm³/mol. The summed E-state index contributed by atoms with van der Waals surface area (Å²) in [5.74, 6) is -0.203. The Morgan fingerprint density at radius 2 is 2.50 bits per heavy atom. The van der Waals surface area contributed by atoms with E-state index in [0.717, 1.165) is 24.3 Å². The van der Waals surface area contributed by atoms with Gasteiger partial charge in [-0.15, -0.1) is 11.3 Å². The van der Waals surface area contributed by atoms with Crippen LogP contribution in [-0.4, -0.2) is 31.3 Å². The quantitative estimate of drug-likeness (QED) is 0.793. The zero-order valence-corrected chi connectivity index (χ0v) is 9.88. The van der Waals surface area contributed by atoms with Crippen LogP contribution in [0.25, 0.3) is 0 Å². The first-order valence-corrected chi connectivity index (χ1v) is 5.96. The smallest absolute Gasteiger partial charge is 0.357 e. The van der Waals surface area contributed by atoms with Gasteiger partial charge in [-0.05, 0) is 12.8 Å². The molecule has 1 atom stereocenters. The monoisotopic (exact) mass is 242 g/mol. The molecular weight excluding hydrogens is 228 g/mol. The van der Waals surface area contributed by atoms with Crippen molar-refractivity contribution in [1.29, 1.82) is 0 Å². The van der Waals surface area contributed by atoms with Gasteiger partial charge in [0.2, 0.25) is 0 Å². The molecule has 1 unspecified atom stereocenters. The van der Waals surface area contributed by atoms with Crippen molar-refractivity contribution in [2.45, 2.75) is 18.8 Å². The molecule has 0 aliphatic carbocycles. The molecule has 2 heterocycles. The molecule has 1 aliphatic heterocycles. The average Bonchev–Trinajstić information content (AvgIpc) is 2.71. The molecule has 2 rings (SSSR count). The Morgan fingerprint density at radius 3 is 3.12 bits per heavy atom. The van der Waals surface area contributed by atoms with Crippen LogP contribution in [0.2, 0.25) is 0 Å². The Labute approximate surface area is 97.6 Å². The number of thiazole rings is 1. The van der Waals surface area contributed by atoms with E-state index in [2.05, 4.69) is 9.72 Å². The largest absolute Gasteiger partial charge is 0.464 e. The van der Waals surface area contributed by atoms with E-state index in [1.54, 1.807) is 0 Å². The van der Waals surface area contributed by atoms with E-state index >= 15 is 0 Å². The highest BCUT2D eigenvalue weighted by Crippen LogP contribution is 2.33. The van der Waals surface area contributed by atoms with Gasteiger partial charge in [0.1, 0.15) is 0 Å². The fourth-order valence-electron chi connectivity index (χ4n) is 1.82. The number of methoxy groups -OCH3 is 1. The van der Waals surface area contributed by atoms with Gasteiger partial charge in [-0.2, -0.15) is 0 Å². The molecule has 0 aromatic carbocycles. The van der Waals surface area contributed by atoms with Gasteiger partial charge in [-0.25, -0.2) is 9.78 Å². The fourth-order valence-corrected chi connectivity index (χ4v) is 2.76. The highest BCUT2D eigenvalue weighted by Gasteiger charge is 2.26. The van der Waals surface area contributed by atoms with Crippen LogP contribution >= 0.6 is 11.3 Å². The Bertz CT molecular complexity index is 385. The topological polar surface area (TPSA) is 74.4 Å². The molecule has 88 valence electrons. The molecule has 0 saturated carbocycles. The molecular formula is C10H14N2O3S. The van der Waals surface area contributed by atoms with Crippen molar-refractivity contribution in [3.05, 3.63) is 10.6 Å². The third-order valence-electron chi connectivity index (χ3n) is 2.58. The highest BCUT2D eigenvalue weighted by molar-refractivity contribution is 7.15. The lowest BCUT2D eigenvalue weighted by Gasteiger charge is -2.21. The van der Waals surface area contributed by atoms with Gasteiger partial charge in [-0.3, -0.25) is 0 Å². The molecule has 1 aliphatic rings. The summed E-state index contributed by atoms with van der Waals surface area (Å²) in [7, 11) is 1.35. The van der Waals surface area contributed by atoms with Crippen molar-refractivity contribution in [1.82, 2.24) is 4.98 Å². The SMILES string of the molecule is COC(=O)c1nc(N)sc1C1CCCOC1. The van der Waals surface area contributed by atoms with E-state index in [9.17, 15) is 4.79 Å². The molecule has 1 aromatic heterocycles. The number of rotatable bonds is 2. The average molecular weight is 242 g/mol. The molecule has 16 heavy (non-hydrogen) atoms. The molecule has 6 heteroatoms. The third kappa shape index (κ3) is 2.17. The second-order valence-electron chi connectivity index (χ2n) is 3.67. The maximum Gasteiger partial charge on any atom is 0.357 e. The summed E-state index contributed by atoms with van der Waals surface area (Å²) in [5.41, 5.74) is 5.99. The van der Waals surface area contributed by atoms with Crippen molar-refractivity contribution in [2.75, 3.05) is 26.1 Å². The normalized spacial score (nSPS) is 20.7. The molecule has 0 radical (unpaired) electrons. The predicted octanol–water partition coefficient (Wildman–Crippen LogP) is 1.41. The van der Waals surface area contributed by atoms with E-state index in [1.807, 2.05) is 0 Å². The molecule has 1 aromatic rings. The number of nitrogens with zero attached hydrogens (tertiary/aromatic N) is 1. The van der Waals surface area contributed by atoms with Crippen molar-refractivity contribution >= 4 is 22.4 Å². The van der Waals surface area contributed by atoms with Gasteiger partial charge >= 0.3 is 5.97 Å². The van der Waals surface area contributed by atoms with E-state index in [4.69, 9.17) is 10.5 Å². The summed E-state index contributed by atoms with van der Waals surface area (Å²) in [6.45, 7) is 1.42. The van der Waals surface area contributed by atoms with Crippen LogP contribution in [0.3, 0.4) is 0 Å². The second-order valence-corrected chi connectivity index (χ2v) is 4.73. The first-order valence-electron chi connectivity index (χ1n) is 5.14. The molecule has 2 N–H and O–H groups in total. The van der Waals surface area contributed by atoms with Crippen LogP contribution in [0.15, 0.2) is 0 Å². The standard InChI is InChI=1S/C10H14N2O3S/c1-14-9(13)7-8(16-10(11)12-7)6-3-2-4-15-5-6/h6H,2-5H2,1H3,(H2,11,12). The minimum Gasteiger partial charge on any atom is -0.464 e. The Balaban J connectivity index is 2.27. The lowest BCUT2D eigenvalue weighted by Crippen LogP contribution is -2.17. The first kappa shape index (κ1) is 11.3. The van der Waals surface area contributed by atoms with Gasteiger partial charge in [0, 0.05) is 17.4 Å². The highest BCUT2D eigenvalue weighted by atomic mass is 32.1. The summed E-state index contributed by atoms with van der Waals surface area (Å²) >= 11 is 1.35. The number of hydrogen-bond acceptors (Lipinski definition) is 6. The van der Waals surface area contributed by atoms with Crippen LogP contribution in [-0.2, 0) is 9.47 Å². The Kier molecular flexibility index (Phi) is 3.40. The molecule has 0 bridgehead atoms. The fraction of sp³-hybridized carbons (Fsp3) is 0.600. The maximum atomic E-state index is 11.5. The number of ether oxygens (including phenoxy) is 2. The van der Waals surface area contributed by atoms with Gasteiger partial charge in [0.25, 0.3) is 0 Å². The molecule has 5 nitrogen and oxygen atoms in total. The summed E-state index contributed by atoms with van der Waals surface area (Å²) in [5, 5.41) is 0.404. The minimum absolute atomic E-state index is 0.220. The number of aromatic nitrogens is 1. The Morgan fingerprint density at radius 1 is 1.69 bits per heavy atom. The number of anilines is 1. The molecule has 0 spiro atoms. The van der Waals surface area contributed by atoms with E-state index in [0.29, 0.717) is 17.4 Å². The van der Waals surface area contributed by atoms with Crippen LogP contribution in [0.1, 0.15) is 34.1 Å². The van der Waals surface area contributed by atoms with Gasteiger partial charge in [0.05, 0.1) is 13.7 Å². The number of hydrogen-bond donors (Lipinski definition) is 1. The Hall–Kier alpha value is -1.14. The number of nitrogen functional groups attached to an aromatic ring is 1. The molecule has 0 amide bonds. The minimum atomic E-state index is -0.423. The number of nitrogens with two attached hydrogens (primary N) is 1. The number of carbonyl (C=O) groups is 1. The van der Waals surface area contributed by atoms with Gasteiger partial charge < -0.3 is 15.2 Å². The molecule has 1 fully saturated rings. The van der Waals surface area contributed by atoms with Crippen molar-refractivity contribution in [3.8, 4) is 0 Å². The van der Waals surface area contributed by atoms with Gasteiger partial charge in [-0.1, -0.05) is 0 Å². The van der Waals surface area contributed by atoms with Crippen LogP contribution in [0, 0.1) is 0 Å². The van der Waals surface area contributed by atoms with E-state index in [-0.39, 0.29) is 5.92 Å². The summed E-state index contributed by atoms with van der Waals surface area (Å²) in [6.07, 6.45) is 2.01. The van der Waals surface area contributed by atoms with E-state index < -0.39 is 5.97 Å². The van der Waals surface area contributed by atoms with Crippen molar-refractivity contribution < 1.29 is 14.3 Å². The van der Waals surface area contributed by atoms with Crippen molar-refractivity contribution in [3.63, 3.8) is 0 Å². The van der Waals surface area contributed by atoms with Gasteiger partial charge in [0.15, 0.2) is 10.8 Å². The summed E-state index contributed by atoms with van der Waals surface area (Å²) in [6, 6.07) is 0.